The van der Waals surface area contributed by atoms with Crippen LogP contribution in [-0.4, -0.2) is 17.4 Å². The highest BCUT2D eigenvalue weighted by Gasteiger charge is 1.81. The average Bonchev–Trinajstić information content (AvgIpc) is 1.69. The molecule has 0 fully saturated rings. The van der Waals surface area contributed by atoms with Crippen LogP contribution >= 0.6 is 20.6 Å². The minimum Gasteiger partial charge on any atom is -0.352 e. The van der Waals surface area contributed by atoms with Crippen molar-refractivity contribution in [1.82, 2.24) is 0 Å². The van der Waals surface area contributed by atoms with Crippen LogP contribution in [0.3, 0.4) is 0 Å². The Morgan fingerprint density at radius 2 is 2.43 bits per heavy atom. The van der Waals surface area contributed by atoms with Crippen LogP contribution in [0.25, 0.3) is 0 Å². The molecule has 1 N–H and O–H groups in total. The molecule has 2 nitrogen and oxygen atoms in total. The molecule has 0 saturated carbocycles. The van der Waals surface area contributed by atoms with E-state index < -0.39 is 9.03 Å². The Morgan fingerprint density at radius 3 is 2.86 bits per heavy atom. The molecule has 44 valence electrons. The smallest absolute Gasteiger partial charge is 0.152 e. The predicted molar refractivity (Wildman–Crippen MR) is 31.8 cm³/mol. The highest BCUT2D eigenvalue weighted by Crippen LogP contribution is 2.03. The van der Waals surface area contributed by atoms with Gasteiger partial charge in [0.1, 0.15) is 0 Å². The maximum Gasteiger partial charge on any atom is 0.152 e. The van der Waals surface area contributed by atoms with Gasteiger partial charge in [-0.2, -0.15) is 0 Å². The van der Waals surface area contributed by atoms with E-state index in [2.05, 4.69) is 4.52 Å². The fourth-order valence-electron chi connectivity index (χ4n) is 0.172. The Balaban J connectivity index is 2.45. The minimum absolute atomic E-state index is 0.391. The Kier molecular flexibility index (Phi) is 7.25. The van der Waals surface area contributed by atoms with Gasteiger partial charge in [0, 0.05) is 5.88 Å². The molecule has 0 radical (unpaired) electrons. The summed E-state index contributed by atoms with van der Waals surface area (Å²) < 4.78 is 4.57. The quantitative estimate of drug-likeness (QED) is 0.362. The monoisotopic (exact) mass is 142 g/mol. The summed E-state index contributed by atoms with van der Waals surface area (Å²) >= 11 is 5.28. The summed E-state index contributed by atoms with van der Waals surface area (Å²) in [6.45, 7) is 0.568. The van der Waals surface area contributed by atoms with Crippen molar-refractivity contribution in [3.63, 3.8) is 0 Å². The summed E-state index contributed by atoms with van der Waals surface area (Å²) in [6.07, 6.45) is 0.815. The van der Waals surface area contributed by atoms with Crippen molar-refractivity contribution in [2.75, 3.05) is 12.5 Å². The number of alkyl halides is 1. The molecular formula is C3H8ClO2P. The third-order valence-corrected chi connectivity index (χ3v) is 1.05. The fourth-order valence-corrected chi connectivity index (χ4v) is 0.517. The standard InChI is InChI=1S/C3H8ClO2P/c4-2-1-3-6-7-5/h5,7H,1-3H2. The van der Waals surface area contributed by atoms with Gasteiger partial charge >= 0.3 is 0 Å². The first kappa shape index (κ1) is 7.64. The van der Waals surface area contributed by atoms with Crippen LogP contribution < -0.4 is 0 Å². The lowest BCUT2D eigenvalue weighted by atomic mass is 10.5. The third kappa shape index (κ3) is 6.64. The maximum absolute atomic E-state index is 8.06. The van der Waals surface area contributed by atoms with Gasteiger partial charge in [-0.1, -0.05) is 0 Å². The van der Waals surface area contributed by atoms with Gasteiger partial charge in [-0.15, -0.1) is 11.6 Å². The van der Waals surface area contributed by atoms with E-state index in [9.17, 15) is 0 Å². The van der Waals surface area contributed by atoms with Crippen molar-refractivity contribution < 1.29 is 9.42 Å². The van der Waals surface area contributed by atoms with E-state index in [0.29, 0.717) is 12.5 Å². The number of halogens is 1. The lowest BCUT2D eigenvalue weighted by molar-refractivity contribution is 0.327. The van der Waals surface area contributed by atoms with Crippen molar-refractivity contribution in [2.24, 2.45) is 0 Å². The molecule has 0 aromatic rings. The maximum atomic E-state index is 8.06. The van der Waals surface area contributed by atoms with Crippen LogP contribution in [0.15, 0.2) is 0 Å². The molecule has 4 heteroatoms. The van der Waals surface area contributed by atoms with E-state index in [0.717, 1.165) is 6.42 Å². The molecule has 0 aromatic heterocycles. The zero-order valence-electron chi connectivity index (χ0n) is 3.85. The zero-order valence-corrected chi connectivity index (χ0v) is 5.61. The van der Waals surface area contributed by atoms with Gasteiger partial charge in [-0.05, 0) is 6.42 Å². The van der Waals surface area contributed by atoms with Crippen LogP contribution in [0.1, 0.15) is 6.42 Å². The predicted octanol–water partition coefficient (Wildman–Crippen LogP) is 1.13. The molecule has 0 saturated heterocycles. The Bertz CT molecular complexity index is 32.1. The van der Waals surface area contributed by atoms with Gasteiger partial charge in [0.15, 0.2) is 9.03 Å². The molecule has 7 heavy (non-hydrogen) atoms. The van der Waals surface area contributed by atoms with Crippen LogP contribution in [0.5, 0.6) is 0 Å². The largest absolute Gasteiger partial charge is 0.352 e. The first-order chi connectivity index (χ1) is 3.41. The second kappa shape index (κ2) is 6.64. The van der Waals surface area contributed by atoms with Gasteiger partial charge in [-0.3, -0.25) is 0 Å². The summed E-state index contributed by atoms with van der Waals surface area (Å²) in [5.74, 6) is 0.602. The molecule has 0 heterocycles. The highest BCUT2D eigenvalue weighted by molar-refractivity contribution is 7.24. The van der Waals surface area contributed by atoms with Gasteiger partial charge in [0.25, 0.3) is 0 Å². The molecule has 0 spiro atoms. The zero-order chi connectivity index (χ0) is 5.54. The third-order valence-electron chi connectivity index (χ3n) is 0.445. The van der Waals surface area contributed by atoms with Crippen molar-refractivity contribution in [1.29, 1.82) is 0 Å². The molecule has 0 aliphatic rings. The Labute approximate surface area is 49.8 Å². The van der Waals surface area contributed by atoms with Crippen LogP contribution in [0, 0.1) is 0 Å². The Hall–Kier alpha value is 0.640. The molecule has 0 aliphatic carbocycles. The van der Waals surface area contributed by atoms with Gasteiger partial charge in [0.05, 0.1) is 6.61 Å². The van der Waals surface area contributed by atoms with Crippen molar-refractivity contribution in [3.05, 3.63) is 0 Å². The van der Waals surface area contributed by atoms with E-state index in [1.165, 1.54) is 0 Å². The first-order valence-corrected chi connectivity index (χ1v) is 3.37. The number of rotatable bonds is 4. The molecule has 1 unspecified atom stereocenters. The second-order valence-corrected chi connectivity index (χ2v) is 1.83. The molecule has 0 bridgehead atoms. The molecule has 1 atom stereocenters. The average molecular weight is 143 g/mol. The van der Waals surface area contributed by atoms with E-state index in [1.54, 1.807) is 0 Å². The highest BCUT2D eigenvalue weighted by atomic mass is 35.5. The summed E-state index contributed by atoms with van der Waals surface area (Å²) in [6, 6.07) is 0. The van der Waals surface area contributed by atoms with Crippen molar-refractivity contribution >= 4 is 20.6 Å². The summed E-state index contributed by atoms with van der Waals surface area (Å²) in [4.78, 5) is 8.06. The SMILES string of the molecule is OPOCCCCl. The second-order valence-electron chi connectivity index (χ2n) is 0.982. The lowest BCUT2D eigenvalue weighted by Crippen LogP contribution is -1.84. The topological polar surface area (TPSA) is 29.5 Å². The van der Waals surface area contributed by atoms with E-state index in [-0.39, 0.29) is 0 Å². The van der Waals surface area contributed by atoms with Crippen LogP contribution in [-0.2, 0) is 4.52 Å². The Morgan fingerprint density at radius 1 is 1.71 bits per heavy atom. The van der Waals surface area contributed by atoms with Crippen molar-refractivity contribution in [2.45, 2.75) is 6.42 Å². The van der Waals surface area contributed by atoms with Crippen LogP contribution in [0.2, 0.25) is 0 Å². The minimum atomic E-state index is -0.391. The normalized spacial score (nSPS) is 11.1. The lowest BCUT2D eigenvalue weighted by Gasteiger charge is -1.92. The fraction of sp³-hybridized carbons (Fsp3) is 1.00. The number of hydrogen-bond acceptors (Lipinski definition) is 2. The number of hydrogen-bond donors (Lipinski definition) is 1. The van der Waals surface area contributed by atoms with E-state index >= 15 is 0 Å². The van der Waals surface area contributed by atoms with Crippen LogP contribution in [0.4, 0.5) is 0 Å². The molecule has 0 rings (SSSR count). The molecule has 0 aromatic carbocycles. The summed E-state index contributed by atoms with van der Waals surface area (Å²) in [7, 11) is -0.391. The summed E-state index contributed by atoms with van der Waals surface area (Å²) in [5, 5.41) is 0. The summed E-state index contributed by atoms with van der Waals surface area (Å²) in [5.41, 5.74) is 0. The van der Waals surface area contributed by atoms with Gasteiger partial charge < -0.3 is 9.42 Å². The van der Waals surface area contributed by atoms with E-state index in [1.807, 2.05) is 0 Å². The van der Waals surface area contributed by atoms with Crippen molar-refractivity contribution in [3.8, 4) is 0 Å². The van der Waals surface area contributed by atoms with Gasteiger partial charge in [-0.25, -0.2) is 0 Å². The first-order valence-electron chi connectivity index (χ1n) is 1.98. The molecule has 0 amide bonds. The van der Waals surface area contributed by atoms with Gasteiger partial charge in [0.2, 0.25) is 0 Å². The molecule has 0 aliphatic heterocycles. The molecular weight excluding hydrogens is 134 g/mol. The van der Waals surface area contributed by atoms with E-state index in [4.69, 9.17) is 16.5 Å².